The molecule has 0 heterocycles. The Hall–Kier alpha value is -2.03. The summed E-state index contributed by atoms with van der Waals surface area (Å²) in [7, 11) is 3.19. The monoisotopic (exact) mass is 230 g/mol. The van der Waals surface area contributed by atoms with Crippen LogP contribution >= 0.6 is 0 Å². The number of ketones is 1. The third kappa shape index (κ3) is 2.09. The van der Waals surface area contributed by atoms with E-state index >= 15 is 0 Å². The van der Waals surface area contributed by atoms with Crippen molar-refractivity contribution in [3.8, 4) is 11.5 Å². The molecule has 0 saturated heterocycles. The van der Waals surface area contributed by atoms with E-state index in [4.69, 9.17) is 9.47 Å². The molecule has 2 aromatic rings. The standard InChI is InChI=1S/C14H14O3/c1-9(15)13-7-10-4-5-12(16-2)6-11(10)8-14(13)17-3/h4-8H,1-3H3. The number of ether oxygens (including phenoxy) is 2. The molecular formula is C14H14O3. The number of hydrogen-bond donors (Lipinski definition) is 0. The lowest BCUT2D eigenvalue weighted by Gasteiger charge is -2.09. The second-order valence-electron chi connectivity index (χ2n) is 3.82. The summed E-state index contributed by atoms with van der Waals surface area (Å²) < 4.78 is 10.4. The minimum atomic E-state index is -0.000400. The summed E-state index contributed by atoms with van der Waals surface area (Å²) >= 11 is 0. The number of benzene rings is 2. The number of Topliss-reactive ketones (excluding diaryl/α,β-unsaturated/α-hetero) is 1. The number of carbonyl (C=O) groups excluding carboxylic acids is 1. The lowest BCUT2D eigenvalue weighted by Crippen LogP contribution is -1.97. The van der Waals surface area contributed by atoms with Crippen LogP contribution in [0.25, 0.3) is 10.8 Å². The van der Waals surface area contributed by atoms with Crippen molar-refractivity contribution in [2.45, 2.75) is 6.92 Å². The molecule has 2 rings (SSSR count). The van der Waals surface area contributed by atoms with Crippen LogP contribution in [-0.2, 0) is 0 Å². The van der Waals surface area contributed by atoms with Gasteiger partial charge < -0.3 is 9.47 Å². The fourth-order valence-electron chi connectivity index (χ4n) is 1.83. The largest absolute Gasteiger partial charge is 0.497 e. The zero-order chi connectivity index (χ0) is 12.4. The first-order valence-electron chi connectivity index (χ1n) is 5.32. The van der Waals surface area contributed by atoms with Gasteiger partial charge in [0.2, 0.25) is 0 Å². The van der Waals surface area contributed by atoms with Crippen LogP contribution in [0.4, 0.5) is 0 Å². The fourth-order valence-corrected chi connectivity index (χ4v) is 1.83. The van der Waals surface area contributed by atoms with Crippen LogP contribution < -0.4 is 9.47 Å². The molecular weight excluding hydrogens is 216 g/mol. The second-order valence-corrected chi connectivity index (χ2v) is 3.82. The topological polar surface area (TPSA) is 35.5 Å². The van der Waals surface area contributed by atoms with Gasteiger partial charge in [-0.2, -0.15) is 0 Å². The van der Waals surface area contributed by atoms with Crippen LogP contribution in [0.15, 0.2) is 30.3 Å². The number of methoxy groups -OCH3 is 2. The molecule has 0 aromatic heterocycles. The first-order valence-corrected chi connectivity index (χ1v) is 5.32. The van der Waals surface area contributed by atoms with Crippen molar-refractivity contribution >= 4 is 16.6 Å². The van der Waals surface area contributed by atoms with Crippen molar-refractivity contribution < 1.29 is 14.3 Å². The maximum atomic E-state index is 11.5. The van der Waals surface area contributed by atoms with E-state index in [9.17, 15) is 4.79 Å². The van der Waals surface area contributed by atoms with Crippen LogP contribution in [0.2, 0.25) is 0 Å². The van der Waals surface area contributed by atoms with Crippen molar-refractivity contribution in [2.24, 2.45) is 0 Å². The van der Waals surface area contributed by atoms with Crippen LogP contribution in [-0.4, -0.2) is 20.0 Å². The highest BCUT2D eigenvalue weighted by Crippen LogP contribution is 2.28. The van der Waals surface area contributed by atoms with Gasteiger partial charge in [-0.3, -0.25) is 4.79 Å². The van der Waals surface area contributed by atoms with Crippen LogP contribution in [0, 0.1) is 0 Å². The van der Waals surface area contributed by atoms with Gasteiger partial charge in [-0.05, 0) is 42.0 Å². The number of hydrogen-bond acceptors (Lipinski definition) is 3. The molecule has 0 radical (unpaired) electrons. The number of rotatable bonds is 3. The third-order valence-electron chi connectivity index (χ3n) is 2.75. The predicted octanol–water partition coefficient (Wildman–Crippen LogP) is 3.06. The van der Waals surface area contributed by atoms with Gasteiger partial charge in [0.1, 0.15) is 11.5 Å². The highest BCUT2D eigenvalue weighted by Gasteiger charge is 2.09. The van der Waals surface area contributed by atoms with Gasteiger partial charge in [0, 0.05) is 0 Å². The van der Waals surface area contributed by atoms with Gasteiger partial charge in [0.05, 0.1) is 19.8 Å². The summed E-state index contributed by atoms with van der Waals surface area (Å²) in [5.74, 6) is 1.38. The van der Waals surface area contributed by atoms with E-state index in [1.165, 1.54) is 6.92 Å². The minimum absolute atomic E-state index is 0.000400. The van der Waals surface area contributed by atoms with E-state index in [1.807, 2.05) is 30.3 Å². The Kier molecular flexibility index (Phi) is 3.00. The molecule has 0 spiro atoms. The number of carbonyl (C=O) groups is 1. The summed E-state index contributed by atoms with van der Waals surface area (Å²) in [6.07, 6.45) is 0. The smallest absolute Gasteiger partial charge is 0.163 e. The third-order valence-corrected chi connectivity index (χ3v) is 2.75. The highest BCUT2D eigenvalue weighted by atomic mass is 16.5. The fraction of sp³-hybridized carbons (Fsp3) is 0.214. The molecule has 0 bridgehead atoms. The van der Waals surface area contributed by atoms with Crippen LogP contribution in [0.3, 0.4) is 0 Å². The molecule has 0 amide bonds. The summed E-state index contributed by atoms with van der Waals surface area (Å²) in [6.45, 7) is 1.53. The van der Waals surface area contributed by atoms with Gasteiger partial charge in [0.15, 0.2) is 5.78 Å². The Morgan fingerprint density at radius 1 is 1.00 bits per heavy atom. The minimum Gasteiger partial charge on any atom is -0.497 e. The Balaban J connectivity index is 2.69. The molecule has 0 unspecified atom stereocenters. The lowest BCUT2D eigenvalue weighted by atomic mass is 10.0. The van der Waals surface area contributed by atoms with E-state index in [0.29, 0.717) is 11.3 Å². The van der Waals surface area contributed by atoms with Crippen LogP contribution in [0.1, 0.15) is 17.3 Å². The van der Waals surface area contributed by atoms with Gasteiger partial charge in [-0.15, -0.1) is 0 Å². The highest BCUT2D eigenvalue weighted by molar-refractivity contribution is 6.01. The molecule has 0 aliphatic carbocycles. The van der Waals surface area contributed by atoms with Crippen molar-refractivity contribution in [1.29, 1.82) is 0 Å². The Morgan fingerprint density at radius 3 is 2.35 bits per heavy atom. The molecule has 0 atom stereocenters. The molecule has 0 saturated carbocycles. The number of fused-ring (bicyclic) bond motifs is 1. The van der Waals surface area contributed by atoms with Crippen molar-refractivity contribution in [2.75, 3.05) is 14.2 Å². The van der Waals surface area contributed by atoms with Gasteiger partial charge in [-0.25, -0.2) is 0 Å². The molecule has 0 N–H and O–H groups in total. The molecule has 3 heteroatoms. The maximum absolute atomic E-state index is 11.5. The normalized spacial score (nSPS) is 10.3. The molecule has 0 aliphatic rings. The van der Waals surface area contributed by atoms with Gasteiger partial charge >= 0.3 is 0 Å². The second kappa shape index (κ2) is 4.45. The Labute approximate surface area is 100.0 Å². The molecule has 0 aliphatic heterocycles. The Bertz CT molecular complexity index is 573. The zero-order valence-corrected chi connectivity index (χ0v) is 10.1. The molecule has 3 nitrogen and oxygen atoms in total. The molecule has 0 fully saturated rings. The SMILES string of the molecule is COc1ccc2cc(C(C)=O)c(OC)cc2c1. The van der Waals surface area contributed by atoms with Crippen molar-refractivity contribution in [3.63, 3.8) is 0 Å². The Morgan fingerprint density at radius 2 is 1.76 bits per heavy atom. The van der Waals surface area contributed by atoms with E-state index < -0.39 is 0 Å². The van der Waals surface area contributed by atoms with E-state index in [1.54, 1.807) is 14.2 Å². The summed E-state index contributed by atoms with van der Waals surface area (Å²) in [4.78, 5) is 11.5. The average molecular weight is 230 g/mol. The van der Waals surface area contributed by atoms with Crippen molar-refractivity contribution in [3.05, 3.63) is 35.9 Å². The first-order chi connectivity index (χ1) is 8.15. The van der Waals surface area contributed by atoms with E-state index in [2.05, 4.69) is 0 Å². The quantitative estimate of drug-likeness (QED) is 0.760. The van der Waals surface area contributed by atoms with E-state index in [0.717, 1.165) is 16.5 Å². The van der Waals surface area contributed by atoms with Crippen molar-refractivity contribution in [1.82, 2.24) is 0 Å². The molecule has 17 heavy (non-hydrogen) atoms. The molecule has 88 valence electrons. The predicted molar refractivity (Wildman–Crippen MR) is 67.1 cm³/mol. The zero-order valence-electron chi connectivity index (χ0n) is 10.1. The van der Waals surface area contributed by atoms with Gasteiger partial charge in [-0.1, -0.05) is 6.07 Å². The molecule has 2 aromatic carbocycles. The maximum Gasteiger partial charge on any atom is 0.163 e. The summed E-state index contributed by atoms with van der Waals surface area (Å²) in [6, 6.07) is 9.42. The summed E-state index contributed by atoms with van der Waals surface area (Å²) in [5.41, 5.74) is 0.602. The lowest BCUT2D eigenvalue weighted by molar-refractivity contribution is 0.101. The summed E-state index contributed by atoms with van der Waals surface area (Å²) in [5, 5.41) is 1.99. The van der Waals surface area contributed by atoms with Crippen LogP contribution in [0.5, 0.6) is 11.5 Å². The average Bonchev–Trinajstić information content (AvgIpc) is 2.36. The first kappa shape index (κ1) is 11.5. The van der Waals surface area contributed by atoms with E-state index in [-0.39, 0.29) is 5.78 Å². The van der Waals surface area contributed by atoms with Gasteiger partial charge in [0.25, 0.3) is 0 Å².